The van der Waals surface area contributed by atoms with Crippen molar-refractivity contribution in [2.24, 2.45) is 5.11 Å². The van der Waals surface area contributed by atoms with Crippen molar-refractivity contribution in [1.29, 1.82) is 0 Å². The molecule has 110 valence electrons. The van der Waals surface area contributed by atoms with E-state index in [-0.39, 0.29) is 31.0 Å². The summed E-state index contributed by atoms with van der Waals surface area (Å²) in [5.41, 5.74) is 8.43. The van der Waals surface area contributed by atoms with Gasteiger partial charge in [0.05, 0.1) is 19.3 Å². The fourth-order valence-electron chi connectivity index (χ4n) is 2.39. The van der Waals surface area contributed by atoms with Crippen LogP contribution in [-0.2, 0) is 23.7 Å². The van der Waals surface area contributed by atoms with Crippen LogP contribution >= 0.6 is 0 Å². The lowest BCUT2D eigenvalue weighted by Crippen LogP contribution is -2.61. The van der Waals surface area contributed by atoms with E-state index in [9.17, 15) is 0 Å². The molecule has 1 rings (SSSR count). The number of hydrogen-bond acceptors (Lipinski definition) is 6. The molecule has 0 aliphatic carbocycles. The predicted molar refractivity (Wildman–Crippen MR) is 66.9 cm³/mol. The van der Waals surface area contributed by atoms with Gasteiger partial charge in [-0.3, -0.25) is 0 Å². The van der Waals surface area contributed by atoms with Gasteiger partial charge in [-0.25, -0.2) is 0 Å². The molecular weight excluding hydrogens is 254 g/mol. The van der Waals surface area contributed by atoms with Gasteiger partial charge >= 0.3 is 0 Å². The minimum atomic E-state index is -0.391. The van der Waals surface area contributed by atoms with Crippen LogP contribution in [0.3, 0.4) is 0 Å². The maximum atomic E-state index is 8.43. The van der Waals surface area contributed by atoms with Crippen LogP contribution in [0.5, 0.6) is 0 Å². The van der Waals surface area contributed by atoms with Crippen molar-refractivity contribution in [3.05, 3.63) is 10.4 Å². The molecule has 0 aromatic carbocycles. The zero-order valence-electron chi connectivity index (χ0n) is 11.7. The Morgan fingerprint density at radius 1 is 1.00 bits per heavy atom. The summed E-state index contributed by atoms with van der Waals surface area (Å²) in [6.45, 7) is 0.535. The second kappa shape index (κ2) is 8.31. The smallest absolute Gasteiger partial charge is 0.115 e. The summed E-state index contributed by atoms with van der Waals surface area (Å²) in [5, 5.41) is 3.55. The molecule has 1 fully saturated rings. The van der Waals surface area contributed by atoms with E-state index in [1.54, 1.807) is 28.4 Å². The number of methoxy groups -OCH3 is 4. The van der Waals surface area contributed by atoms with Crippen LogP contribution in [0.4, 0.5) is 0 Å². The molecule has 0 aromatic rings. The number of nitrogens with zero attached hydrogens (tertiary/aromatic N) is 3. The number of azide groups is 1. The minimum Gasteiger partial charge on any atom is -0.382 e. The van der Waals surface area contributed by atoms with Crippen LogP contribution in [-0.4, -0.2) is 72.1 Å². The van der Waals surface area contributed by atoms with Gasteiger partial charge in [-0.15, -0.1) is 0 Å². The van der Waals surface area contributed by atoms with Gasteiger partial charge in [-0.2, -0.15) is 0 Å². The Balaban J connectivity index is 2.90. The largest absolute Gasteiger partial charge is 0.382 e. The van der Waals surface area contributed by atoms with E-state index in [0.29, 0.717) is 6.61 Å². The zero-order chi connectivity index (χ0) is 14.3. The highest BCUT2D eigenvalue weighted by Gasteiger charge is 2.46. The first-order chi connectivity index (χ1) is 9.23. The van der Waals surface area contributed by atoms with E-state index in [0.717, 1.165) is 0 Å². The lowest BCUT2D eigenvalue weighted by molar-refractivity contribution is -0.246. The molecule has 8 nitrogen and oxygen atoms in total. The van der Waals surface area contributed by atoms with Gasteiger partial charge in [-0.1, -0.05) is 5.11 Å². The summed E-state index contributed by atoms with van der Waals surface area (Å²) in [5.74, 6) is 0. The topological polar surface area (TPSA) is 94.9 Å². The van der Waals surface area contributed by atoms with E-state index in [1.165, 1.54) is 0 Å². The summed E-state index contributed by atoms with van der Waals surface area (Å²) in [6.07, 6.45) is -1.68. The minimum absolute atomic E-state index is 0.172. The molecule has 0 radical (unpaired) electrons. The molecule has 1 aliphatic heterocycles. The van der Waals surface area contributed by atoms with Gasteiger partial charge in [-0.05, 0) is 5.53 Å². The van der Waals surface area contributed by atoms with Crippen molar-refractivity contribution in [1.82, 2.24) is 0 Å². The summed E-state index contributed by atoms with van der Waals surface area (Å²) in [6, 6.07) is 0. The Morgan fingerprint density at radius 2 is 1.58 bits per heavy atom. The third kappa shape index (κ3) is 3.79. The van der Waals surface area contributed by atoms with Crippen LogP contribution in [0.15, 0.2) is 5.11 Å². The maximum absolute atomic E-state index is 8.43. The van der Waals surface area contributed by atoms with E-state index in [4.69, 9.17) is 29.2 Å². The molecule has 19 heavy (non-hydrogen) atoms. The molecule has 5 atom stereocenters. The van der Waals surface area contributed by atoms with Crippen LogP contribution in [0.25, 0.3) is 10.4 Å². The first-order valence-electron chi connectivity index (χ1n) is 5.97. The first-order valence-corrected chi connectivity index (χ1v) is 5.97. The van der Waals surface area contributed by atoms with Crippen molar-refractivity contribution < 1.29 is 23.7 Å². The van der Waals surface area contributed by atoms with Crippen LogP contribution in [0.1, 0.15) is 0 Å². The molecule has 0 N–H and O–H groups in total. The highest BCUT2D eigenvalue weighted by atomic mass is 16.6. The number of hydrogen-bond donors (Lipinski definition) is 0. The van der Waals surface area contributed by atoms with Gasteiger partial charge in [0, 0.05) is 33.4 Å². The fourth-order valence-corrected chi connectivity index (χ4v) is 2.39. The van der Waals surface area contributed by atoms with Crippen molar-refractivity contribution in [3.8, 4) is 0 Å². The average molecular weight is 275 g/mol. The van der Waals surface area contributed by atoms with Gasteiger partial charge in [0.25, 0.3) is 0 Å². The molecule has 0 aromatic heterocycles. The first kappa shape index (κ1) is 16.2. The summed E-state index contributed by atoms with van der Waals surface area (Å²) in [4.78, 5) is 2.75. The van der Waals surface area contributed by atoms with Gasteiger partial charge < -0.3 is 23.7 Å². The Morgan fingerprint density at radius 3 is 2.05 bits per heavy atom. The third-order valence-corrected chi connectivity index (χ3v) is 3.20. The van der Waals surface area contributed by atoms with Gasteiger partial charge in [0.2, 0.25) is 0 Å². The van der Waals surface area contributed by atoms with Crippen LogP contribution in [0.2, 0.25) is 0 Å². The second-order valence-corrected chi connectivity index (χ2v) is 4.18. The Labute approximate surface area is 112 Å². The molecule has 1 heterocycles. The Kier molecular flexibility index (Phi) is 7.07. The van der Waals surface area contributed by atoms with Crippen molar-refractivity contribution in [2.45, 2.75) is 30.5 Å². The summed E-state index contributed by atoms with van der Waals surface area (Å²) >= 11 is 0. The van der Waals surface area contributed by atoms with Crippen molar-refractivity contribution >= 4 is 0 Å². The zero-order valence-corrected chi connectivity index (χ0v) is 11.7. The molecule has 0 unspecified atom stereocenters. The van der Waals surface area contributed by atoms with Crippen molar-refractivity contribution in [2.75, 3.05) is 41.6 Å². The second-order valence-electron chi connectivity index (χ2n) is 4.18. The standard InChI is InChI=1S/C11H21N3O5/c1-15-6-8-10(17-3)11(18-4)9(16-2)7(19-8)5-13-14-12/h7-11H,5-6H2,1-4H3/t7-,8-,9-,10-,11-/m1/s1. The van der Waals surface area contributed by atoms with Crippen LogP contribution < -0.4 is 0 Å². The highest BCUT2D eigenvalue weighted by Crippen LogP contribution is 2.27. The van der Waals surface area contributed by atoms with E-state index < -0.39 is 6.10 Å². The lowest BCUT2D eigenvalue weighted by atomic mass is 9.94. The quantitative estimate of drug-likeness (QED) is 0.388. The number of ether oxygens (including phenoxy) is 5. The highest BCUT2D eigenvalue weighted by molar-refractivity contribution is 4.95. The van der Waals surface area contributed by atoms with Crippen LogP contribution in [0, 0.1) is 0 Å². The third-order valence-electron chi connectivity index (χ3n) is 3.20. The van der Waals surface area contributed by atoms with Gasteiger partial charge in [0.1, 0.15) is 24.4 Å². The fraction of sp³-hybridized carbons (Fsp3) is 1.00. The monoisotopic (exact) mass is 275 g/mol. The molecule has 1 saturated heterocycles. The molecule has 8 heteroatoms. The molecular formula is C11H21N3O5. The van der Waals surface area contributed by atoms with E-state index >= 15 is 0 Å². The van der Waals surface area contributed by atoms with Gasteiger partial charge in [0.15, 0.2) is 0 Å². The average Bonchev–Trinajstić information content (AvgIpc) is 2.44. The maximum Gasteiger partial charge on any atom is 0.115 e. The Hall–Kier alpha value is -0.890. The lowest BCUT2D eigenvalue weighted by Gasteiger charge is -2.44. The summed E-state index contributed by atoms with van der Waals surface area (Å²) in [7, 11) is 6.32. The number of rotatable bonds is 7. The molecule has 0 bridgehead atoms. The molecule has 0 spiro atoms. The molecule has 0 saturated carbocycles. The molecule has 0 amide bonds. The van der Waals surface area contributed by atoms with Crippen molar-refractivity contribution in [3.63, 3.8) is 0 Å². The van der Waals surface area contributed by atoms with E-state index in [2.05, 4.69) is 10.0 Å². The van der Waals surface area contributed by atoms with E-state index in [1.807, 2.05) is 0 Å². The summed E-state index contributed by atoms with van der Waals surface area (Å²) < 4.78 is 27.3. The predicted octanol–water partition coefficient (Wildman–Crippen LogP) is 0.755. The molecule has 1 aliphatic rings. The SMILES string of the molecule is COC[C@H]1O[C@H](CN=[N+]=[N-])[C@@H](OC)[C@@H](OC)[C@@H]1OC. The normalized spacial score (nSPS) is 34.8. The Bertz CT molecular complexity index is 311.